The average Bonchev–Trinajstić information content (AvgIpc) is 2.91. The van der Waals surface area contributed by atoms with Crippen molar-refractivity contribution in [3.63, 3.8) is 0 Å². The number of benzene rings is 1. The highest BCUT2D eigenvalue weighted by atomic mass is 16.5. The minimum atomic E-state index is -1.49. The summed E-state index contributed by atoms with van der Waals surface area (Å²) in [6.07, 6.45) is 1.76. The zero-order valence-electron chi connectivity index (χ0n) is 12.5. The van der Waals surface area contributed by atoms with Gasteiger partial charge in [-0.25, -0.2) is 4.79 Å². The summed E-state index contributed by atoms with van der Waals surface area (Å²) in [5.74, 6) is -1.04. The van der Waals surface area contributed by atoms with Crippen LogP contribution in [0.25, 0.3) is 0 Å². The lowest BCUT2D eigenvalue weighted by atomic mass is 9.90. The van der Waals surface area contributed by atoms with E-state index in [9.17, 15) is 9.90 Å². The summed E-state index contributed by atoms with van der Waals surface area (Å²) in [5, 5.41) is 16.5. The number of nitrogens with zero attached hydrogens (tertiary/aromatic N) is 1. The number of aromatic amines is 1. The molecule has 2 N–H and O–H groups in total. The van der Waals surface area contributed by atoms with Crippen molar-refractivity contribution in [3.8, 4) is 0 Å². The van der Waals surface area contributed by atoms with E-state index < -0.39 is 17.2 Å². The molecule has 1 aromatic carbocycles. The van der Waals surface area contributed by atoms with Crippen LogP contribution in [0, 0.1) is 0 Å². The van der Waals surface area contributed by atoms with Gasteiger partial charge in [0.25, 0.3) is 0 Å². The fourth-order valence-electron chi connectivity index (χ4n) is 2.31. The van der Waals surface area contributed by atoms with Crippen molar-refractivity contribution in [3.05, 3.63) is 53.9 Å². The molecule has 5 nitrogen and oxygen atoms in total. The van der Waals surface area contributed by atoms with Gasteiger partial charge in [-0.05, 0) is 32.4 Å². The molecule has 0 amide bonds. The summed E-state index contributed by atoms with van der Waals surface area (Å²) in [6, 6.07) is 11.1. The van der Waals surface area contributed by atoms with Crippen molar-refractivity contribution in [2.24, 2.45) is 0 Å². The van der Waals surface area contributed by atoms with E-state index in [4.69, 9.17) is 4.74 Å². The molecule has 1 heterocycles. The Morgan fingerprint density at radius 3 is 2.38 bits per heavy atom. The van der Waals surface area contributed by atoms with Gasteiger partial charge in [-0.2, -0.15) is 5.10 Å². The van der Waals surface area contributed by atoms with Crippen molar-refractivity contribution in [1.82, 2.24) is 10.2 Å². The molecule has 1 atom stereocenters. The van der Waals surface area contributed by atoms with Crippen LogP contribution >= 0.6 is 0 Å². The summed E-state index contributed by atoms with van der Waals surface area (Å²) in [7, 11) is 0. The normalized spacial score (nSPS) is 14.6. The average molecular weight is 288 g/mol. The summed E-state index contributed by atoms with van der Waals surface area (Å²) >= 11 is 0. The van der Waals surface area contributed by atoms with Gasteiger partial charge in [0, 0.05) is 12.6 Å². The third-order valence-electron chi connectivity index (χ3n) is 3.06. The van der Waals surface area contributed by atoms with Gasteiger partial charge in [-0.3, -0.25) is 5.10 Å². The van der Waals surface area contributed by atoms with Crippen LogP contribution in [0.5, 0.6) is 0 Å². The highest BCUT2D eigenvalue weighted by molar-refractivity contribution is 5.79. The molecule has 2 aromatic rings. The van der Waals surface area contributed by atoms with E-state index in [1.165, 1.54) is 6.20 Å². The first-order chi connectivity index (χ1) is 9.83. The van der Waals surface area contributed by atoms with Gasteiger partial charge < -0.3 is 9.84 Å². The first-order valence-corrected chi connectivity index (χ1v) is 6.81. The van der Waals surface area contributed by atoms with Crippen molar-refractivity contribution in [2.75, 3.05) is 0 Å². The highest BCUT2D eigenvalue weighted by Crippen LogP contribution is 2.33. The van der Waals surface area contributed by atoms with E-state index in [0.29, 0.717) is 5.69 Å². The van der Waals surface area contributed by atoms with Crippen LogP contribution in [0.4, 0.5) is 0 Å². The van der Waals surface area contributed by atoms with Gasteiger partial charge in [0.05, 0.1) is 11.3 Å². The number of nitrogens with one attached hydrogen (secondary N) is 1. The van der Waals surface area contributed by atoms with Crippen LogP contribution in [0.3, 0.4) is 0 Å². The molecule has 0 aliphatic heterocycles. The Kier molecular flexibility index (Phi) is 4.14. The lowest BCUT2D eigenvalue weighted by Crippen LogP contribution is -2.46. The predicted molar refractivity (Wildman–Crippen MR) is 78.9 cm³/mol. The molecule has 0 fully saturated rings. The Labute approximate surface area is 124 Å². The maximum absolute atomic E-state index is 12.0. The Hall–Kier alpha value is -2.14. The van der Waals surface area contributed by atoms with Gasteiger partial charge in [-0.1, -0.05) is 30.3 Å². The van der Waals surface area contributed by atoms with Gasteiger partial charge in [0.1, 0.15) is 0 Å². The molecule has 21 heavy (non-hydrogen) atoms. The SMILES string of the molecule is CC(C)(C)OC(Cc1ccccc1)(C(=O)O)c1ccn[nH]1. The Morgan fingerprint density at radius 1 is 1.24 bits per heavy atom. The summed E-state index contributed by atoms with van der Waals surface area (Å²) in [6.45, 7) is 5.52. The minimum absolute atomic E-state index is 0.225. The zero-order valence-corrected chi connectivity index (χ0v) is 12.5. The van der Waals surface area contributed by atoms with E-state index in [-0.39, 0.29) is 6.42 Å². The maximum Gasteiger partial charge on any atom is 0.342 e. The molecule has 0 saturated heterocycles. The number of H-pyrrole nitrogens is 1. The molecule has 0 saturated carbocycles. The molecule has 0 aliphatic carbocycles. The molecular weight excluding hydrogens is 268 g/mol. The number of hydrogen-bond acceptors (Lipinski definition) is 3. The number of carboxylic acids is 1. The summed E-state index contributed by atoms with van der Waals surface area (Å²) in [4.78, 5) is 12.0. The second-order valence-corrected chi connectivity index (χ2v) is 5.98. The van der Waals surface area contributed by atoms with Gasteiger partial charge >= 0.3 is 5.97 Å². The molecular formula is C16H20N2O3. The van der Waals surface area contributed by atoms with E-state index in [1.807, 2.05) is 51.1 Å². The second-order valence-electron chi connectivity index (χ2n) is 5.98. The number of rotatable bonds is 5. The molecule has 1 aromatic heterocycles. The number of carboxylic acid groups (broad SMARTS) is 1. The largest absolute Gasteiger partial charge is 0.479 e. The molecule has 1 unspecified atom stereocenters. The van der Waals surface area contributed by atoms with Gasteiger partial charge in [0.2, 0.25) is 5.60 Å². The fourth-order valence-corrected chi connectivity index (χ4v) is 2.31. The third-order valence-corrected chi connectivity index (χ3v) is 3.06. The predicted octanol–water partition coefficient (Wildman–Crippen LogP) is 2.75. The summed E-state index contributed by atoms with van der Waals surface area (Å²) < 4.78 is 5.96. The van der Waals surface area contributed by atoms with Crippen molar-refractivity contribution < 1.29 is 14.6 Å². The Bertz CT molecular complexity index is 588. The van der Waals surface area contributed by atoms with E-state index in [1.54, 1.807) is 6.07 Å². The lowest BCUT2D eigenvalue weighted by Gasteiger charge is -2.35. The van der Waals surface area contributed by atoms with Gasteiger partial charge in [0.15, 0.2) is 0 Å². The fraction of sp³-hybridized carbons (Fsp3) is 0.375. The molecule has 2 rings (SSSR count). The van der Waals surface area contributed by atoms with Crippen molar-refractivity contribution in [2.45, 2.75) is 38.4 Å². The van der Waals surface area contributed by atoms with Crippen LogP contribution in [0.15, 0.2) is 42.6 Å². The smallest absolute Gasteiger partial charge is 0.342 e. The van der Waals surface area contributed by atoms with Gasteiger partial charge in [-0.15, -0.1) is 0 Å². The first-order valence-electron chi connectivity index (χ1n) is 6.81. The number of ether oxygens (including phenoxy) is 1. The number of aromatic nitrogens is 2. The quantitative estimate of drug-likeness (QED) is 0.887. The monoisotopic (exact) mass is 288 g/mol. The van der Waals surface area contributed by atoms with E-state index in [2.05, 4.69) is 10.2 Å². The second kappa shape index (κ2) is 5.69. The standard InChI is InChI=1S/C16H20N2O3/c1-15(2,3)21-16(14(19)20,13-9-10-17-18-13)11-12-7-5-4-6-8-12/h4-10H,11H2,1-3H3,(H,17,18)(H,19,20). The van der Waals surface area contributed by atoms with Crippen LogP contribution in [-0.4, -0.2) is 26.9 Å². The highest BCUT2D eigenvalue weighted by Gasteiger charge is 2.46. The molecule has 5 heteroatoms. The third kappa shape index (κ3) is 3.49. The Morgan fingerprint density at radius 2 is 1.90 bits per heavy atom. The molecule has 0 spiro atoms. The van der Waals surface area contributed by atoms with Crippen LogP contribution in [0.1, 0.15) is 32.0 Å². The molecule has 112 valence electrons. The molecule has 0 bridgehead atoms. The van der Waals surface area contributed by atoms with Crippen LogP contribution in [-0.2, 0) is 21.6 Å². The van der Waals surface area contributed by atoms with Crippen LogP contribution < -0.4 is 0 Å². The summed E-state index contributed by atoms with van der Waals surface area (Å²) in [5.41, 5.74) is -0.776. The maximum atomic E-state index is 12.0. The van der Waals surface area contributed by atoms with Crippen molar-refractivity contribution >= 4 is 5.97 Å². The zero-order chi connectivity index (χ0) is 15.5. The number of aliphatic carboxylic acids is 1. The van der Waals surface area contributed by atoms with E-state index in [0.717, 1.165) is 5.56 Å². The topological polar surface area (TPSA) is 75.2 Å². The number of hydrogen-bond donors (Lipinski definition) is 2. The minimum Gasteiger partial charge on any atom is -0.479 e. The molecule has 0 radical (unpaired) electrons. The van der Waals surface area contributed by atoms with E-state index >= 15 is 0 Å². The lowest BCUT2D eigenvalue weighted by molar-refractivity contribution is -0.188. The van der Waals surface area contributed by atoms with Crippen molar-refractivity contribution in [1.29, 1.82) is 0 Å². The Balaban J connectivity index is 2.48. The number of carbonyl (C=O) groups is 1. The molecule has 0 aliphatic rings. The first kappa shape index (κ1) is 15.3. The van der Waals surface area contributed by atoms with Crippen LogP contribution in [0.2, 0.25) is 0 Å².